The first kappa shape index (κ1) is 20.8. The monoisotopic (exact) mass is 415 g/mol. The highest BCUT2D eigenvalue weighted by molar-refractivity contribution is 5.94. The van der Waals surface area contributed by atoms with Crippen LogP contribution in [0.2, 0.25) is 0 Å². The molecule has 3 aromatic rings. The van der Waals surface area contributed by atoms with Gasteiger partial charge in [-0.15, -0.1) is 0 Å². The second-order valence-electron chi connectivity index (χ2n) is 8.10. The summed E-state index contributed by atoms with van der Waals surface area (Å²) in [6.45, 7) is 2.53. The number of benzene rings is 2. The lowest BCUT2D eigenvalue weighted by atomic mass is 10.1. The summed E-state index contributed by atoms with van der Waals surface area (Å²) < 4.78 is 0. The van der Waals surface area contributed by atoms with Crippen LogP contribution < -0.4 is 15.1 Å². The molecule has 2 heterocycles. The van der Waals surface area contributed by atoms with Crippen molar-refractivity contribution in [2.75, 3.05) is 37.0 Å². The first-order chi connectivity index (χ1) is 15.1. The molecule has 0 spiro atoms. The number of rotatable bonds is 6. The van der Waals surface area contributed by atoms with E-state index in [4.69, 9.17) is 0 Å². The zero-order valence-electron chi connectivity index (χ0n) is 18.2. The van der Waals surface area contributed by atoms with E-state index in [1.807, 2.05) is 50.5 Å². The van der Waals surface area contributed by atoms with Crippen LogP contribution >= 0.6 is 0 Å². The standard InChI is InChI=1S/C25H29N5O/c1-29(2)22-12-6-19(7-13-22)18-28-25(31)21-10-8-20(9-11-21)23-24(27-15-14-26-23)30-16-4-3-5-17-30/h6-15H,3-5,16-18H2,1-2H3,(H,28,31). The maximum atomic E-state index is 12.6. The minimum atomic E-state index is -0.0846. The molecule has 0 radical (unpaired) electrons. The Morgan fingerprint density at radius 2 is 1.61 bits per heavy atom. The molecule has 6 heteroatoms. The molecular formula is C25H29N5O. The predicted molar refractivity (Wildman–Crippen MR) is 125 cm³/mol. The third-order valence-corrected chi connectivity index (χ3v) is 5.66. The van der Waals surface area contributed by atoms with Crippen LogP contribution in [0.15, 0.2) is 60.9 Å². The summed E-state index contributed by atoms with van der Waals surface area (Å²) >= 11 is 0. The number of piperidine rings is 1. The topological polar surface area (TPSA) is 61.4 Å². The van der Waals surface area contributed by atoms with Crippen molar-refractivity contribution in [2.45, 2.75) is 25.8 Å². The Morgan fingerprint density at radius 1 is 0.935 bits per heavy atom. The molecule has 0 unspecified atom stereocenters. The predicted octanol–water partition coefficient (Wildman–Crippen LogP) is 4.13. The highest BCUT2D eigenvalue weighted by Gasteiger charge is 2.18. The molecule has 160 valence electrons. The maximum Gasteiger partial charge on any atom is 0.251 e. The number of nitrogens with zero attached hydrogens (tertiary/aromatic N) is 4. The van der Waals surface area contributed by atoms with Crippen LogP contribution in [0, 0.1) is 0 Å². The lowest BCUT2D eigenvalue weighted by Crippen LogP contribution is -2.30. The maximum absolute atomic E-state index is 12.6. The summed E-state index contributed by atoms with van der Waals surface area (Å²) in [4.78, 5) is 26.1. The number of hydrogen-bond donors (Lipinski definition) is 1. The number of amides is 1. The van der Waals surface area contributed by atoms with Gasteiger partial charge in [-0.2, -0.15) is 0 Å². The van der Waals surface area contributed by atoms with E-state index in [2.05, 4.69) is 37.2 Å². The first-order valence-electron chi connectivity index (χ1n) is 10.8. The van der Waals surface area contributed by atoms with E-state index in [0.29, 0.717) is 12.1 Å². The van der Waals surface area contributed by atoms with Gasteiger partial charge in [-0.25, -0.2) is 4.98 Å². The van der Waals surface area contributed by atoms with Crippen molar-refractivity contribution >= 4 is 17.4 Å². The van der Waals surface area contributed by atoms with Crippen molar-refractivity contribution in [1.29, 1.82) is 0 Å². The van der Waals surface area contributed by atoms with Crippen LogP contribution in [-0.4, -0.2) is 43.1 Å². The van der Waals surface area contributed by atoms with Crippen LogP contribution in [0.1, 0.15) is 35.2 Å². The van der Waals surface area contributed by atoms with Gasteiger partial charge in [0, 0.05) is 62.9 Å². The molecule has 1 amide bonds. The highest BCUT2D eigenvalue weighted by atomic mass is 16.1. The molecule has 1 N–H and O–H groups in total. The smallest absolute Gasteiger partial charge is 0.251 e. The Labute approximate surface area is 183 Å². The molecule has 1 aliphatic rings. The van der Waals surface area contributed by atoms with Gasteiger partial charge < -0.3 is 15.1 Å². The van der Waals surface area contributed by atoms with Crippen molar-refractivity contribution in [3.63, 3.8) is 0 Å². The van der Waals surface area contributed by atoms with Gasteiger partial charge in [0.2, 0.25) is 0 Å². The Balaban J connectivity index is 1.43. The second kappa shape index (κ2) is 9.60. The number of carbonyl (C=O) groups excluding carboxylic acids is 1. The van der Waals surface area contributed by atoms with Crippen molar-refractivity contribution in [1.82, 2.24) is 15.3 Å². The van der Waals surface area contributed by atoms with Crippen LogP contribution in [-0.2, 0) is 6.54 Å². The number of carbonyl (C=O) groups is 1. The molecule has 0 aliphatic carbocycles. The Bertz CT molecular complexity index is 1010. The van der Waals surface area contributed by atoms with Gasteiger partial charge in [0.25, 0.3) is 5.91 Å². The van der Waals surface area contributed by atoms with Crippen molar-refractivity contribution in [3.8, 4) is 11.3 Å². The second-order valence-corrected chi connectivity index (χ2v) is 8.10. The number of hydrogen-bond acceptors (Lipinski definition) is 5. The molecule has 1 aromatic heterocycles. The molecule has 1 fully saturated rings. The number of aromatic nitrogens is 2. The van der Waals surface area contributed by atoms with Gasteiger partial charge in [-0.05, 0) is 49.1 Å². The molecule has 0 atom stereocenters. The van der Waals surface area contributed by atoms with Crippen molar-refractivity contribution in [3.05, 3.63) is 72.1 Å². The molecule has 6 nitrogen and oxygen atoms in total. The van der Waals surface area contributed by atoms with Gasteiger partial charge in [0.1, 0.15) is 5.69 Å². The fourth-order valence-corrected chi connectivity index (χ4v) is 3.85. The molecule has 0 saturated carbocycles. The number of nitrogens with one attached hydrogen (secondary N) is 1. The minimum Gasteiger partial charge on any atom is -0.378 e. The Kier molecular flexibility index (Phi) is 6.46. The highest BCUT2D eigenvalue weighted by Crippen LogP contribution is 2.28. The minimum absolute atomic E-state index is 0.0846. The van der Waals surface area contributed by atoms with Crippen molar-refractivity contribution in [2.24, 2.45) is 0 Å². The fourth-order valence-electron chi connectivity index (χ4n) is 3.85. The summed E-state index contributed by atoms with van der Waals surface area (Å²) in [5, 5.41) is 3.00. The zero-order valence-corrected chi connectivity index (χ0v) is 18.2. The van der Waals surface area contributed by atoms with E-state index in [1.54, 1.807) is 12.4 Å². The summed E-state index contributed by atoms with van der Waals surface area (Å²) in [6.07, 6.45) is 7.13. The average molecular weight is 416 g/mol. The van der Waals surface area contributed by atoms with Crippen molar-refractivity contribution < 1.29 is 4.79 Å². The Morgan fingerprint density at radius 3 is 2.29 bits per heavy atom. The van der Waals surface area contributed by atoms with Crippen LogP contribution in [0.3, 0.4) is 0 Å². The van der Waals surface area contributed by atoms with E-state index in [1.165, 1.54) is 19.3 Å². The fraction of sp³-hybridized carbons (Fsp3) is 0.320. The molecule has 0 bridgehead atoms. The molecular weight excluding hydrogens is 386 g/mol. The largest absolute Gasteiger partial charge is 0.378 e. The van der Waals surface area contributed by atoms with Crippen LogP contribution in [0.5, 0.6) is 0 Å². The van der Waals surface area contributed by atoms with Crippen LogP contribution in [0.4, 0.5) is 11.5 Å². The van der Waals surface area contributed by atoms with Gasteiger partial charge in [0.05, 0.1) is 0 Å². The average Bonchev–Trinajstić information content (AvgIpc) is 2.83. The van der Waals surface area contributed by atoms with Gasteiger partial charge in [0.15, 0.2) is 5.82 Å². The SMILES string of the molecule is CN(C)c1ccc(CNC(=O)c2ccc(-c3nccnc3N3CCCCC3)cc2)cc1. The third kappa shape index (κ3) is 5.02. The lowest BCUT2D eigenvalue weighted by molar-refractivity contribution is 0.0951. The summed E-state index contributed by atoms with van der Waals surface area (Å²) in [5.41, 5.74) is 4.69. The van der Waals surface area contributed by atoms with E-state index < -0.39 is 0 Å². The third-order valence-electron chi connectivity index (χ3n) is 5.66. The van der Waals surface area contributed by atoms with E-state index in [-0.39, 0.29) is 5.91 Å². The quantitative estimate of drug-likeness (QED) is 0.656. The molecule has 31 heavy (non-hydrogen) atoms. The van der Waals surface area contributed by atoms with E-state index in [9.17, 15) is 4.79 Å². The van der Waals surface area contributed by atoms with Gasteiger partial charge >= 0.3 is 0 Å². The molecule has 4 rings (SSSR count). The van der Waals surface area contributed by atoms with E-state index in [0.717, 1.165) is 41.4 Å². The molecule has 1 aliphatic heterocycles. The summed E-state index contributed by atoms with van der Waals surface area (Å²) in [6, 6.07) is 15.8. The zero-order chi connectivity index (χ0) is 21.6. The summed E-state index contributed by atoms with van der Waals surface area (Å²) in [5.74, 6) is 0.846. The van der Waals surface area contributed by atoms with Gasteiger partial charge in [-0.3, -0.25) is 9.78 Å². The normalized spacial score (nSPS) is 13.7. The first-order valence-corrected chi connectivity index (χ1v) is 10.8. The molecule has 1 saturated heterocycles. The summed E-state index contributed by atoms with van der Waals surface area (Å²) in [7, 11) is 4.02. The Hall–Kier alpha value is -3.41. The number of anilines is 2. The molecule has 2 aromatic carbocycles. The van der Waals surface area contributed by atoms with E-state index >= 15 is 0 Å². The van der Waals surface area contributed by atoms with Gasteiger partial charge in [-0.1, -0.05) is 24.3 Å². The van der Waals surface area contributed by atoms with Crippen LogP contribution in [0.25, 0.3) is 11.3 Å². The lowest BCUT2D eigenvalue weighted by Gasteiger charge is -2.28.